The molecule has 0 radical (unpaired) electrons. The highest BCUT2D eigenvalue weighted by Crippen LogP contribution is 2.17. The van der Waals surface area contributed by atoms with E-state index in [1.807, 2.05) is 0 Å². The molecule has 1 aromatic carbocycles. The molecule has 0 amide bonds. The lowest BCUT2D eigenvalue weighted by molar-refractivity contribution is -0.138. The number of carbonyl (C=O) groups excluding carboxylic acids is 1. The molecule has 0 atom stereocenters. The van der Waals surface area contributed by atoms with Crippen LogP contribution in [0.5, 0.6) is 5.75 Å². The highest BCUT2D eigenvalue weighted by Gasteiger charge is 2.09. The third-order valence-electron chi connectivity index (χ3n) is 2.08. The fraction of sp³-hybridized carbons (Fsp3) is 0.231. The molecule has 0 fully saturated rings. The van der Waals surface area contributed by atoms with Gasteiger partial charge >= 0.3 is 12.6 Å². The summed E-state index contributed by atoms with van der Waals surface area (Å²) < 4.78 is 32.8. The van der Waals surface area contributed by atoms with Gasteiger partial charge in [0.1, 0.15) is 11.8 Å². The molecule has 5 nitrogen and oxygen atoms in total. The first-order chi connectivity index (χ1) is 9.56. The maximum absolute atomic E-state index is 11.9. The van der Waals surface area contributed by atoms with Crippen molar-refractivity contribution in [3.05, 3.63) is 36.0 Å². The zero-order chi connectivity index (χ0) is 15.0. The fourth-order valence-corrected chi connectivity index (χ4v) is 1.23. The molecule has 1 N–H and O–H groups in total. The van der Waals surface area contributed by atoms with Crippen molar-refractivity contribution in [2.24, 2.45) is 0 Å². The Hall–Kier alpha value is -2.62. The van der Waals surface area contributed by atoms with E-state index in [1.165, 1.54) is 30.5 Å². The SMILES string of the molecule is CCOC(=O)/C(C#N)=C/Nc1ccc(OC(F)F)cc1. The molecule has 0 saturated carbocycles. The first kappa shape index (κ1) is 15.4. The Morgan fingerprint density at radius 2 is 2.10 bits per heavy atom. The number of alkyl halides is 2. The molecule has 0 aromatic heterocycles. The number of ether oxygens (including phenoxy) is 2. The van der Waals surface area contributed by atoms with Crippen LogP contribution in [0.15, 0.2) is 36.0 Å². The maximum Gasteiger partial charge on any atom is 0.387 e. The molecule has 0 aliphatic rings. The number of hydrogen-bond acceptors (Lipinski definition) is 5. The van der Waals surface area contributed by atoms with Gasteiger partial charge in [-0.05, 0) is 31.2 Å². The second kappa shape index (κ2) is 7.74. The highest BCUT2D eigenvalue weighted by atomic mass is 19.3. The summed E-state index contributed by atoms with van der Waals surface area (Å²) in [6.07, 6.45) is 1.18. The summed E-state index contributed by atoms with van der Waals surface area (Å²) in [4.78, 5) is 11.3. The number of rotatable bonds is 6. The number of benzene rings is 1. The van der Waals surface area contributed by atoms with E-state index in [1.54, 1.807) is 13.0 Å². The molecule has 1 rings (SSSR count). The minimum absolute atomic E-state index is 0.0143. The molecule has 0 spiro atoms. The third-order valence-corrected chi connectivity index (χ3v) is 2.08. The van der Waals surface area contributed by atoms with E-state index in [0.717, 1.165) is 0 Å². The lowest BCUT2D eigenvalue weighted by atomic mass is 10.3. The van der Waals surface area contributed by atoms with Crippen molar-refractivity contribution >= 4 is 11.7 Å². The van der Waals surface area contributed by atoms with Crippen molar-refractivity contribution in [3.8, 4) is 11.8 Å². The summed E-state index contributed by atoms with van der Waals surface area (Å²) in [6.45, 7) is -1.10. The van der Waals surface area contributed by atoms with Gasteiger partial charge in [0, 0.05) is 11.9 Å². The second-order valence-corrected chi connectivity index (χ2v) is 3.44. The molecule has 0 aliphatic heterocycles. The number of esters is 1. The molecular weight excluding hydrogens is 270 g/mol. The summed E-state index contributed by atoms with van der Waals surface area (Å²) in [5, 5.41) is 11.5. The van der Waals surface area contributed by atoms with Gasteiger partial charge in [-0.15, -0.1) is 0 Å². The molecular formula is C13H12F2N2O3. The van der Waals surface area contributed by atoms with E-state index in [0.29, 0.717) is 5.69 Å². The van der Waals surface area contributed by atoms with Gasteiger partial charge in [0.05, 0.1) is 6.61 Å². The normalized spacial score (nSPS) is 10.8. The van der Waals surface area contributed by atoms with Crippen molar-refractivity contribution < 1.29 is 23.0 Å². The van der Waals surface area contributed by atoms with E-state index >= 15 is 0 Å². The first-order valence-electron chi connectivity index (χ1n) is 5.65. The summed E-state index contributed by atoms with van der Waals surface area (Å²) in [7, 11) is 0. The quantitative estimate of drug-likeness (QED) is 0.493. The Kier molecular flexibility index (Phi) is 5.97. The summed E-state index contributed by atoms with van der Waals surface area (Å²) in [6, 6.07) is 7.29. The van der Waals surface area contributed by atoms with Gasteiger partial charge in [-0.1, -0.05) is 0 Å². The van der Waals surface area contributed by atoms with Crippen LogP contribution in [0, 0.1) is 11.3 Å². The lowest BCUT2D eigenvalue weighted by Gasteiger charge is -2.06. The predicted octanol–water partition coefficient (Wildman–Crippen LogP) is 2.67. The fourth-order valence-electron chi connectivity index (χ4n) is 1.23. The van der Waals surface area contributed by atoms with Gasteiger partial charge in [-0.2, -0.15) is 14.0 Å². The molecule has 0 bridgehead atoms. The topological polar surface area (TPSA) is 71.4 Å². The summed E-state index contributed by atoms with van der Waals surface area (Å²) in [5.74, 6) is -0.722. The Morgan fingerprint density at radius 3 is 2.60 bits per heavy atom. The number of halogens is 2. The van der Waals surface area contributed by atoms with Gasteiger partial charge in [-0.25, -0.2) is 4.79 Å². The van der Waals surface area contributed by atoms with Crippen LogP contribution >= 0.6 is 0 Å². The van der Waals surface area contributed by atoms with Crippen LogP contribution in [0.3, 0.4) is 0 Å². The van der Waals surface area contributed by atoms with Gasteiger partial charge in [0.2, 0.25) is 0 Å². The Labute approximate surface area is 114 Å². The molecule has 1 aromatic rings. The van der Waals surface area contributed by atoms with Crippen molar-refractivity contribution in [3.63, 3.8) is 0 Å². The van der Waals surface area contributed by atoms with Crippen LogP contribution in [0.25, 0.3) is 0 Å². The van der Waals surface area contributed by atoms with Crippen LogP contribution in [0.2, 0.25) is 0 Å². The predicted molar refractivity (Wildman–Crippen MR) is 67.0 cm³/mol. The number of hydrogen-bond donors (Lipinski definition) is 1. The minimum atomic E-state index is -2.89. The van der Waals surface area contributed by atoms with E-state index in [-0.39, 0.29) is 17.9 Å². The van der Waals surface area contributed by atoms with Gasteiger partial charge in [0.15, 0.2) is 5.57 Å². The second-order valence-electron chi connectivity index (χ2n) is 3.44. The number of anilines is 1. The van der Waals surface area contributed by atoms with E-state index < -0.39 is 12.6 Å². The molecule has 0 unspecified atom stereocenters. The van der Waals surface area contributed by atoms with Crippen LogP contribution in [0.1, 0.15) is 6.92 Å². The maximum atomic E-state index is 11.9. The minimum Gasteiger partial charge on any atom is -0.462 e. The Balaban J connectivity index is 2.68. The van der Waals surface area contributed by atoms with E-state index in [2.05, 4.69) is 14.8 Å². The number of nitrogens with zero attached hydrogens (tertiary/aromatic N) is 1. The van der Waals surface area contributed by atoms with Crippen molar-refractivity contribution in [2.45, 2.75) is 13.5 Å². The van der Waals surface area contributed by atoms with Crippen molar-refractivity contribution in [2.75, 3.05) is 11.9 Å². The van der Waals surface area contributed by atoms with Crippen LogP contribution in [0.4, 0.5) is 14.5 Å². The first-order valence-corrected chi connectivity index (χ1v) is 5.65. The Bertz CT molecular complexity index is 521. The molecule has 0 saturated heterocycles. The van der Waals surface area contributed by atoms with E-state index in [9.17, 15) is 13.6 Å². The molecule has 20 heavy (non-hydrogen) atoms. The monoisotopic (exact) mass is 282 g/mol. The van der Waals surface area contributed by atoms with Gasteiger partial charge in [-0.3, -0.25) is 0 Å². The largest absolute Gasteiger partial charge is 0.462 e. The number of carbonyl (C=O) groups is 1. The standard InChI is InChI=1S/C13H12F2N2O3/c1-2-19-12(18)9(7-16)8-17-10-3-5-11(6-4-10)20-13(14)15/h3-6,8,13,17H,2H2,1H3/b9-8+. The zero-order valence-corrected chi connectivity index (χ0v) is 10.6. The lowest BCUT2D eigenvalue weighted by Crippen LogP contribution is -2.07. The van der Waals surface area contributed by atoms with Crippen molar-refractivity contribution in [1.82, 2.24) is 0 Å². The Morgan fingerprint density at radius 1 is 1.45 bits per heavy atom. The average Bonchev–Trinajstić information content (AvgIpc) is 2.41. The molecule has 0 heterocycles. The molecule has 7 heteroatoms. The summed E-state index contributed by atoms with van der Waals surface area (Å²) in [5.41, 5.74) is 0.309. The van der Waals surface area contributed by atoms with Crippen LogP contribution < -0.4 is 10.1 Å². The van der Waals surface area contributed by atoms with Crippen LogP contribution in [-0.2, 0) is 9.53 Å². The third kappa shape index (κ3) is 4.94. The summed E-state index contributed by atoms with van der Waals surface area (Å²) >= 11 is 0. The average molecular weight is 282 g/mol. The zero-order valence-electron chi connectivity index (χ0n) is 10.6. The molecule has 106 valence electrons. The molecule has 0 aliphatic carbocycles. The van der Waals surface area contributed by atoms with Crippen molar-refractivity contribution in [1.29, 1.82) is 5.26 Å². The highest BCUT2D eigenvalue weighted by molar-refractivity contribution is 5.93. The number of nitrogens with one attached hydrogen (secondary N) is 1. The van der Waals surface area contributed by atoms with Gasteiger partial charge < -0.3 is 14.8 Å². The number of nitriles is 1. The van der Waals surface area contributed by atoms with Crippen LogP contribution in [-0.4, -0.2) is 19.2 Å². The van der Waals surface area contributed by atoms with Gasteiger partial charge in [0.25, 0.3) is 0 Å². The smallest absolute Gasteiger partial charge is 0.387 e. The van der Waals surface area contributed by atoms with E-state index in [4.69, 9.17) is 5.26 Å².